The molecule has 0 radical (unpaired) electrons. The van der Waals surface area contributed by atoms with Gasteiger partial charge in [0.05, 0.1) is 19.2 Å². The van der Waals surface area contributed by atoms with Gasteiger partial charge in [0, 0.05) is 41.5 Å². The Kier molecular flexibility index (Phi) is 5.29. The highest BCUT2D eigenvalue weighted by Crippen LogP contribution is 2.28. The summed E-state index contributed by atoms with van der Waals surface area (Å²) in [6.07, 6.45) is -2.35. The first-order chi connectivity index (χ1) is 14.7. The first kappa shape index (κ1) is 20.7. The smallest absolute Gasteiger partial charge is 0.345 e. The number of hydrogen-bond donors (Lipinski definition) is 2. The Balaban J connectivity index is 1.65. The third kappa shape index (κ3) is 4.47. The first-order valence-electron chi connectivity index (χ1n) is 9.15. The molecule has 4 aromatic heterocycles. The summed E-state index contributed by atoms with van der Waals surface area (Å²) in [5.74, 6) is -0.622. The molecule has 0 aliphatic carbocycles. The summed E-state index contributed by atoms with van der Waals surface area (Å²) in [4.78, 5) is 27.4. The highest BCUT2D eigenvalue weighted by molar-refractivity contribution is 5.95. The van der Waals surface area contributed by atoms with Crippen molar-refractivity contribution in [3.63, 3.8) is 0 Å². The van der Waals surface area contributed by atoms with E-state index in [1.54, 1.807) is 24.5 Å². The van der Waals surface area contributed by atoms with Crippen LogP contribution in [-0.2, 0) is 6.42 Å². The van der Waals surface area contributed by atoms with Crippen molar-refractivity contribution in [2.24, 2.45) is 0 Å². The Bertz CT molecular complexity index is 1250. The van der Waals surface area contributed by atoms with Gasteiger partial charge in [-0.05, 0) is 12.1 Å². The lowest BCUT2D eigenvalue weighted by Gasteiger charge is -2.06. The van der Waals surface area contributed by atoms with Gasteiger partial charge in [-0.1, -0.05) is 0 Å². The Morgan fingerprint density at radius 2 is 2.00 bits per heavy atom. The molecule has 0 aliphatic heterocycles. The summed E-state index contributed by atoms with van der Waals surface area (Å²) in [6.45, 7) is -0.776. The van der Waals surface area contributed by atoms with Crippen LogP contribution < -0.4 is 5.32 Å². The molecule has 4 aromatic rings. The quantitative estimate of drug-likeness (QED) is 0.449. The van der Waals surface area contributed by atoms with Crippen molar-refractivity contribution in [2.75, 3.05) is 6.54 Å². The molecule has 0 fully saturated rings. The number of alkyl halides is 5. The van der Waals surface area contributed by atoms with Gasteiger partial charge in [0.25, 0.3) is 12.3 Å². The Hall–Kier alpha value is -3.57. The van der Waals surface area contributed by atoms with Crippen molar-refractivity contribution >= 4 is 22.6 Å². The van der Waals surface area contributed by atoms with E-state index in [9.17, 15) is 26.7 Å². The Labute approximate surface area is 171 Å². The van der Waals surface area contributed by atoms with Gasteiger partial charge in [-0.2, -0.15) is 13.2 Å². The van der Waals surface area contributed by atoms with Crippen LogP contribution in [0.25, 0.3) is 27.8 Å². The van der Waals surface area contributed by atoms with E-state index in [0.29, 0.717) is 27.8 Å². The molecular formula is C19H15F5N6O. The molecule has 0 aliphatic rings. The van der Waals surface area contributed by atoms with Gasteiger partial charge in [-0.25, -0.2) is 23.7 Å². The van der Waals surface area contributed by atoms with Gasteiger partial charge in [0.15, 0.2) is 0 Å². The largest absolute Gasteiger partial charge is 0.389 e. The minimum Gasteiger partial charge on any atom is -0.345 e. The maximum absolute atomic E-state index is 12.4. The summed E-state index contributed by atoms with van der Waals surface area (Å²) in [5, 5.41) is 2.72. The maximum Gasteiger partial charge on any atom is 0.389 e. The minimum absolute atomic E-state index is 0.0706. The van der Waals surface area contributed by atoms with Crippen molar-refractivity contribution in [3.05, 3.63) is 48.4 Å². The number of aromatic nitrogens is 5. The predicted molar refractivity (Wildman–Crippen MR) is 101 cm³/mol. The number of hydrogen-bond acceptors (Lipinski definition) is 4. The standard InChI is InChI=1S/C19H15F5N6O/c20-14(21)8-28-18(31)13-7-26-16-2-1-10(9-30(13)16)11-5-27-17-12(11)6-25-15(29-17)3-4-19(22,23)24/h1-2,5-7,9,14H,3-4,8H2,(H,28,31)(H,25,27,29). The number of pyridine rings is 1. The lowest BCUT2D eigenvalue weighted by Crippen LogP contribution is -2.29. The van der Waals surface area contributed by atoms with Crippen molar-refractivity contribution in [1.29, 1.82) is 0 Å². The number of aromatic amines is 1. The van der Waals surface area contributed by atoms with Gasteiger partial charge >= 0.3 is 6.18 Å². The van der Waals surface area contributed by atoms with Crippen molar-refractivity contribution < 1.29 is 26.7 Å². The first-order valence-corrected chi connectivity index (χ1v) is 9.15. The lowest BCUT2D eigenvalue weighted by molar-refractivity contribution is -0.134. The fourth-order valence-corrected chi connectivity index (χ4v) is 3.12. The molecule has 0 saturated carbocycles. The highest BCUT2D eigenvalue weighted by Gasteiger charge is 2.27. The summed E-state index contributed by atoms with van der Waals surface area (Å²) >= 11 is 0. The Morgan fingerprint density at radius 3 is 2.74 bits per heavy atom. The zero-order valence-corrected chi connectivity index (χ0v) is 15.7. The fourth-order valence-electron chi connectivity index (χ4n) is 3.12. The second-order valence-corrected chi connectivity index (χ2v) is 6.76. The van der Waals surface area contributed by atoms with Crippen LogP contribution in [-0.4, -0.2) is 49.4 Å². The van der Waals surface area contributed by atoms with E-state index in [2.05, 4.69) is 25.3 Å². The average Bonchev–Trinajstić information content (AvgIpc) is 3.33. The number of aryl methyl sites for hydroxylation is 1. The van der Waals surface area contributed by atoms with Gasteiger partial charge in [-0.3, -0.25) is 9.20 Å². The molecule has 0 aromatic carbocycles. The molecule has 0 atom stereocenters. The molecule has 0 saturated heterocycles. The third-order valence-electron chi connectivity index (χ3n) is 4.58. The molecule has 0 spiro atoms. The van der Waals surface area contributed by atoms with E-state index in [1.807, 2.05) is 0 Å². The van der Waals surface area contributed by atoms with Crippen LogP contribution in [0, 0.1) is 0 Å². The van der Waals surface area contributed by atoms with E-state index < -0.39 is 31.5 Å². The van der Waals surface area contributed by atoms with E-state index in [-0.39, 0.29) is 17.9 Å². The number of fused-ring (bicyclic) bond motifs is 2. The molecule has 31 heavy (non-hydrogen) atoms. The molecule has 1 amide bonds. The summed E-state index contributed by atoms with van der Waals surface area (Å²) in [6, 6.07) is 3.39. The number of nitrogens with zero attached hydrogens (tertiary/aromatic N) is 4. The van der Waals surface area contributed by atoms with Crippen molar-refractivity contribution in [2.45, 2.75) is 25.4 Å². The highest BCUT2D eigenvalue weighted by atomic mass is 19.4. The van der Waals surface area contributed by atoms with Crippen LogP contribution >= 0.6 is 0 Å². The van der Waals surface area contributed by atoms with Crippen LogP contribution in [0.2, 0.25) is 0 Å². The van der Waals surface area contributed by atoms with E-state index in [0.717, 1.165) is 0 Å². The van der Waals surface area contributed by atoms with Crippen molar-refractivity contribution in [3.8, 4) is 11.1 Å². The van der Waals surface area contributed by atoms with Crippen LogP contribution in [0.1, 0.15) is 22.7 Å². The number of amides is 1. The summed E-state index contributed by atoms with van der Waals surface area (Å²) in [7, 11) is 0. The molecule has 0 bridgehead atoms. The fraction of sp³-hybridized carbons (Fsp3) is 0.263. The van der Waals surface area contributed by atoms with E-state index in [4.69, 9.17) is 0 Å². The second-order valence-electron chi connectivity index (χ2n) is 6.76. The number of carbonyl (C=O) groups is 1. The molecule has 0 unspecified atom stereocenters. The third-order valence-corrected chi connectivity index (χ3v) is 4.58. The molecule has 12 heteroatoms. The number of carbonyl (C=O) groups excluding carboxylic acids is 1. The van der Waals surface area contributed by atoms with Crippen LogP contribution in [0.3, 0.4) is 0 Å². The molecule has 4 heterocycles. The van der Waals surface area contributed by atoms with Gasteiger partial charge in [0.1, 0.15) is 22.8 Å². The van der Waals surface area contributed by atoms with Gasteiger partial charge in [0.2, 0.25) is 0 Å². The van der Waals surface area contributed by atoms with E-state index in [1.165, 1.54) is 16.8 Å². The Morgan fingerprint density at radius 1 is 1.19 bits per heavy atom. The zero-order chi connectivity index (χ0) is 22.2. The number of imidazole rings is 1. The number of halogens is 5. The molecule has 7 nitrogen and oxygen atoms in total. The molecule has 162 valence electrons. The lowest BCUT2D eigenvalue weighted by atomic mass is 10.1. The van der Waals surface area contributed by atoms with E-state index >= 15 is 0 Å². The molecule has 4 rings (SSSR count). The number of nitrogens with one attached hydrogen (secondary N) is 2. The van der Waals surface area contributed by atoms with Gasteiger partial charge in [-0.15, -0.1) is 0 Å². The van der Waals surface area contributed by atoms with Crippen molar-refractivity contribution in [1.82, 2.24) is 29.7 Å². The normalized spacial score (nSPS) is 12.2. The molecule has 2 N–H and O–H groups in total. The van der Waals surface area contributed by atoms with Crippen LogP contribution in [0.5, 0.6) is 0 Å². The van der Waals surface area contributed by atoms with Crippen LogP contribution in [0.4, 0.5) is 22.0 Å². The predicted octanol–water partition coefficient (Wildman–Crippen LogP) is 3.76. The second kappa shape index (κ2) is 7.93. The summed E-state index contributed by atoms with van der Waals surface area (Å²) in [5.41, 5.74) is 2.21. The zero-order valence-electron chi connectivity index (χ0n) is 15.7. The van der Waals surface area contributed by atoms with Crippen LogP contribution in [0.15, 0.2) is 36.9 Å². The monoisotopic (exact) mass is 438 g/mol. The summed E-state index contributed by atoms with van der Waals surface area (Å²) < 4.78 is 63.5. The SMILES string of the molecule is O=C(NCC(F)F)c1cnc2ccc(-c3c[nH]c4nc(CCC(F)(F)F)ncc34)cn12. The molecular weight excluding hydrogens is 423 g/mol. The maximum atomic E-state index is 12.4. The number of H-pyrrole nitrogens is 1. The minimum atomic E-state index is -4.29. The average molecular weight is 438 g/mol. The topological polar surface area (TPSA) is 88.0 Å². The number of rotatable bonds is 6. The van der Waals surface area contributed by atoms with Gasteiger partial charge < -0.3 is 10.3 Å².